The minimum atomic E-state index is -0.623. The van der Waals surface area contributed by atoms with E-state index in [4.69, 9.17) is 15.2 Å². The summed E-state index contributed by atoms with van der Waals surface area (Å²) in [7, 11) is 0. The number of primary amides is 1. The van der Waals surface area contributed by atoms with Crippen LogP contribution >= 0.6 is 0 Å². The zero-order chi connectivity index (χ0) is 12.0. The van der Waals surface area contributed by atoms with Crippen LogP contribution in [0.15, 0.2) is 24.3 Å². The number of hydrogen-bond donors (Lipinski definition) is 1. The summed E-state index contributed by atoms with van der Waals surface area (Å²) in [5.41, 5.74) is 5.09. The Morgan fingerprint density at radius 3 is 2.38 bits per heavy atom. The van der Waals surface area contributed by atoms with E-state index in [-0.39, 0.29) is 0 Å². The highest BCUT2D eigenvalue weighted by molar-refractivity contribution is 5.78. The van der Waals surface area contributed by atoms with E-state index in [0.717, 1.165) is 12.2 Å². The van der Waals surface area contributed by atoms with Crippen LogP contribution in [-0.4, -0.2) is 18.6 Å². The van der Waals surface area contributed by atoms with Crippen molar-refractivity contribution < 1.29 is 14.3 Å². The molecule has 0 bridgehead atoms. The molecule has 0 aliphatic heterocycles. The summed E-state index contributed by atoms with van der Waals surface area (Å²) in [4.78, 5) is 10.8. The van der Waals surface area contributed by atoms with E-state index < -0.39 is 12.0 Å². The number of ether oxygens (including phenoxy) is 2. The van der Waals surface area contributed by atoms with Gasteiger partial charge in [0, 0.05) is 0 Å². The molecule has 0 aromatic heterocycles. The maximum Gasteiger partial charge on any atom is 0.258 e. The Morgan fingerprint density at radius 1 is 1.31 bits per heavy atom. The van der Waals surface area contributed by atoms with E-state index in [1.807, 2.05) is 6.92 Å². The van der Waals surface area contributed by atoms with Crippen molar-refractivity contribution in [3.8, 4) is 11.5 Å². The van der Waals surface area contributed by atoms with Crippen LogP contribution in [0.5, 0.6) is 11.5 Å². The lowest BCUT2D eigenvalue weighted by Gasteiger charge is -2.11. The van der Waals surface area contributed by atoms with Gasteiger partial charge in [0.2, 0.25) is 0 Å². The van der Waals surface area contributed by atoms with Crippen LogP contribution < -0.4 is 15.2 Å². The van der Waals surface area contributed by atoms with Crippen LogP contribution in [0, 0.1) is 0 Å². The number of benzene rings is 1. The highest BCUT2D eigenvalue weighted by Gasteiger charge is 2.09. The van der Waals surface area contributed by atoms with Crippen molar-refractivity contribution in [3.63, 3.8) is 0 Å². The maximum absolute atomic E-state index is 10.8. The summed E-state index contributed by atoms with van der Waals surface area (Å²) < 4.78 is 10.7. The molecule has 0 aliphatic rings. The van der Waals surface area contributed by atoms with Gasteiger partial charge in [-0.1, -0.05) is 6.92 Å². The summed E-state index contributed by atoms with van der Waals surface area (Å²) in [6.45, 7) is 4.35. The Bertz CT molecular complexity index is 335. The first-order valence-corrected chi connectivity index (χ1v) is 5.32. The summed E-state index contributed by atoms with van der Waals surface area (Å²) >= 11 is 0. The molecule has 16 heavy (non-hydrogen) atoms. The highest BCUT2D eigenvalue weighted by atomic mass is 16.5. The average molecular weight is 223 g/mol. The molecule has 1 atom stereocenters. The van der Waals surface area contributed by atoms with Gasteiger partial charge in [-0.25, -0.2) is 0 Å². The molecule has 0 saturated carbocycles. The normalized spacial score (nSPS) is 11.9. The Hall–Kier alpha value is -1.71. The molecule has 88 valence electrons. The number of hydrogen-bond acceptors (Lipinski definition) is 3. The van der Waals surface area contributed by atoms with Gasteiger partial charge in [-0.3, -0.25) is 4.79 Å². The smallest absolute Gasteiger partial charge is 0.258 e. The standard InChI is InChI=1S/C12H17NO3/c1-3-8-15-10-4-6-11(7-5-10)16-9(2)12(13)14/h4-7,9H,3,8H2,1-2H3,(H2,13,14)/t9-/m0/s1. The van der Waals surface area contributed by atoms with Gasteiger partial charge >= 0.3 is 0 Å². The molecule has 0 fully saturated rings. The van der Waals surface area contributed by atoms with E-state index in [0.29, 0.717) is 12.4 Å². The summed E-state index contributed by atoms with van der Waals surface area (Å²) in [6, 6.07) is 7.12. The Labute approximate surface area is 95.3 Å². The van der Waals surface area contributed by atoms with E-state index in [9.17, 15) is 4.79 Å². The second kappa shape index (κ2) is 6.00. The number of rotatable bonds is 6. The molecule has 0 saturated heterocycles. The first-order chi connectivity index (χ1) is 7.63. The molecule has 1 rings (SSSR count). The monoisotopic (exact) mass is 223 g/mol. The predicted octanol–water partition coefficient (Wildman–Crippen LogP) is 1.73. The Morgan fingerprint density at radius 2 is 1.88 bits per heavy atom. The van der Waals surface area contributed by atoms with Crippen molar-refractivity contribution in [2.45, 2.75) is 26.4 Å². The highest BCUT2D eigenvalue weighted by Crippen LogP contribution is 2.18. The lowest BCUT2D eigenvalue weighted by molar-refractivity contribution is -0.123. The second-order valence-corrected chi connectivity index (χ2v) is 3.48. The van der Waals surface area contributed by atoms with E-state index in [1.54, 1.807) is 31.2 Å². The molecule has 0 heterocycles. The van der Waals surface area contributed by atoms with Gasteiger partial charge in [0.15, 0.2) is 6.10 Å². The first kappa shape index (κ1) is 12.4. The number of carbonyl (C=O) groups is 1. The number of carbonyl (C=O) groups excluding carboxylic acids is 1. The largest absolute Gasteiger partial charge is 0.494 e. The maximum atomic E-state index is 10.8. The van der Waals surface area contributed by atoms with Crippen molar-refractivity contribution >= 4 is 5.91 Å². The second-order valence-electron chi connectivity index (χ2n) is 3.48. The lowest BCUT2D eigenvalue weighted by Crippen LogP contribution is -2.30. The third-order valence-electron chi connectivity index (χ3n) is 2.01. The Kier molecular flexibility index (Phi) is 4.64. The van der Waals surface area contributed by atoms with Gasteiger partial charge in [-0.2, -0.15) is 0 Å². The van der Waals surface area contributed by atoms with Crippen molar-refractivity contribution in [2.24, 2.45) is 5.73 Å². The molecule has 4 heteroatoms. The van der Waals surface area contributed by atoms with E-state index in [1.165, 1.54) is 0 Å². The fourth-order valence-electron chi connectivity index (χ4n) is 1.10. The lowest BCUT2D eigenvalue weighted by atomic mass is 10.3. The zero-order valence-electron chi connectivity index (χ0n) is 9.60. The molecule has 1 aromatic rings. The van der Waals surface area contributed by atoms with Crippen molar-refractivity contribution in [1.29, 1.82) is 0 Å². The van der Waals surface area contributed by atoms with Crippen LogP contribution in [0.4, 0.5) is 0 Å². The molecule has 0 aliphatic carbocycles. The SMILES string of the molecule is CCCOc1ccc(O[C@@H](C)C(N)=O)cc1. The van der Waals surface area contributed by atoms with Crippen molar-refractivity contribution in [3.05, 3.63) is 24.3 Å². The van der Waals surface area contributed by atoms with Crippen LogP contribution in [0.1, 0.15) is 20.3 Å². The molecule has 4 nitrogen and oxygen atoms in total. The fourth-order valence-corrected chi connectivity index (χ4v) is 1.10. The predicted molar refractivity (Wildman–Crippen MR) is 61.5 cm³/mol. The molecule has 0 spiro atoms. The number of amides is 1. The molecule has 0 radical (unpaired) electrons. The minimum absolute atomic E-state index is 0.480. The van der Waals surface area contributed by atoms with Gasteiger partial charge in [0.25, 0.3) is 5.91 Å². The van der Waals surface area contributed by atoms with Gasteiger partial charge in [0.1, 0.15) is 11.5 Å². The third kappa shape index (κ3) is 3.81. The molecule has 1 amide bonds. The van der Waals surface area contributed by atoms with Crippen LogP contribution in [0.25, 0.3) is 0 Å². The van der Waals surface area contributed by atoms with Gasteiger partial charge in [-0.05, 0) is 37.6 Å². The first-order valence-electron chi connectivity index (χ1n) is 5.32. The van der Waals surface area contributed by atoms with Crippen molar-refractivity contribution in [2.75, 3.05) is 6.61 Å². The fraction of sp³-hybridized carbons (Fsp3) is 0.417. The third-order valence-corrected chi connectivity index (χ3v) is 2.01. The van der Waals surface area contributed by atoms with Crippen LogP contribution in [-0.2, 0) is 4.79 Å². The average Bonchev–Trinajstić information content (AvgIpc) is 2.28. The van der Waals surface area contributed by atoms with Crippen LogP contribution in [0.2, 0.25) is 0 Å². The molecular formula is C12H17NO3. The van der Waals surface area contributed by atoms with Gasteiger partial charge in [0.05, 0.1) is 6.61 Å². The molecular weight excluding hydrogens is 206 g/mol. The van der Waals surface area contributed by atoms with Gasteiger partial charge < -0.3 is 15.2 Å². The topological polar surface area (TPSA) is 61.6 Å². The van der Waals surface area contributed by atoms with E-state index >= 15 is 0 Å². The Balaban J connectivity index is 2.54. The summed E-state index contributed by atoms with van der Waals surface area (Å²) in [5, 5.41) is 0. The number of nitrogens with two attached hydrogens (primary N) is 1. The molecule has 0 unspecified atom stereocenters. The molecule has 1 aromatic carbocycles. The molecule has 2 N–H and O–H groups in total. The minimum Gasteiger partial charge on any atom is -0.494 e. The van der Waals surface area contributed by atoms with Crippen LogP contribution in [0.3, 0.4) is 0 Å². The van der Waals surface area contributed by atoms with E-state index in [2.05, 4.69) is 0 Å². The zero-order valence-corrected chi connectivity index (χ0v) is 9.60. The van der Waals surface area contributed by atoms with Gasteiger partial charge in [-0.15, -0.1) is 0 Å². The summed E-state index contributed by atoms with van der Waals surface area (Å²) in [5.74, 6) is 0.919. The van der Waals surface area contributed by atoms with Crippen molar-refractivity contribution in [1.82, 2.24) is 0 Å². The summed E-state index contributed by atoms with van der Waals surface area (Å²) in [6.07, 6.45) is 0.346. The quantitative estimate of drug-likeness (QED) is 0.798.